The molecular formula is C16H17ClFNO2. The zero-order valence-corrected chi connectivity index (χ0v) is 12.5. The molecule has 2 rings (SSSR count). The number of methoxy groups -OCH3 is 1. The first kappa shape index (κ1) is 15.6. The van der Waals surface area contributed by atoms with Crippen molar-refractivity contribution in [3.05, 3.63) is 58.4 Å². The van der Waals surface area contributed by atoms with E-state index >= 15 is 0 Å². The highest BCUT2D eigenvalue weighted by atomic mass is 35.5. The third-order valence-corrected chi connectivity index (χ3v) is 3.42. The molecule has 0 aliphatic rings. The minimum atomic E-state index is -0.346. The Labute approximate surface area is 128 Å². The van der Waals surface area contributed by atoms with Gasteiger partial charge in [-0.2, -0.15) is 0 Å². The molecule has 0 radical (unpaired) electrons. The van der Waals surface area contributed by atoms with E-state index in [0.717, 1.165) is 12.0 Å². The number of benzene rings is 2. The highest BCUT2D eigenvalue weighted by Gasteiger charge is 2.08. The van der Waals surface area contributed by atoms with Crippen molar-refractivity contribution in [2.24, 2.45) is 5.73 Å². The van der Waals surface area contributed by atoms with Crippen molar-refractivity contribution < 1.29 is 13.9 Å². The van der Waals surface area contributed by atoms with Crippen LogP contribution < -0.4 is 15.2 Å². The largest absolute Gasteiger partial charge is 0.493 e. The van der Waals surface area contributed by atoms with Gasteiger partial charge in [0.15, 0.2) is 11.5 Å². The predicted molar refractivity (Wildman–Crippen MR) is 81.5 cm³/mol. The molecule has 0 saturated carbocycles. The second-order valence-corrected chi connectivity index (χ2v) is 4.96. The number of halogens is 2. The molecule has 2 N–H and O–H groups in total. The number of rotatable bonds is 6. The molecule has 0 unspecified atom stereocenters. The molecule has 0 aliphatic carbocycles. The van der Waals surface area contributed by atoms with Crippen LogP contribution in [0.3, 0.4) is 0 Å². The van der Waals surface area contributed by atoms with Crippen molar-refractivity contribution in [2.75, 3.05) is 13.7 Å². The van der Waals surface area contributed by atoms with Crippen molar-refractivity contribution in [3.63, 3.8) is 0 Å². The van der Waals surface area contributed by atoms with Crippen molar-refractivity contribution in [3.8, 4) is 11.5 Å². The third-order valence-electron chi connectivity index (χ3n) is 3.05. The zero-order valence-electron chi connectivity index (χ0n) is 11.7. The summed E-state index contributed by atoms with van der Waals surface area (Å²) in [6, 6.07) is 9.82. The van der Waals surface area contributed by atoms with E-state index in [4.69, 9.17) is 26.8 Å². The average Bonchev–Trinajstić information content (AvgIpc) is 2.49. The summed E-state index contributed by atoms with van der Waals surface area (Å²) >= 11 is 6.02. The van der Waals surface area contributed by atoms with Crippen molar-refractivity contribution >= 4 is 11.6 Å². The lowest BCUT2D eigenvalue weighted by molar-refractivity contribution is 0.284. The lowest BCUT2D eigenvalue weighted by atomic mass is 10.1. The van der Waals surface area contributed by atoms with E-state index in [0.29, 0.717) is 28.6 Å². The van der Waals surface area contributed by atoms with E-state index in [-0.39, 0.29) is 12.4 Å². The van der Waals surface area contributed by atoms with Crippen LogP contribution in [0.15, 0.2) is 36.4 Å². The van der Waals surface area contributed by atoms with Crippen molar-refractivity contribution in [1.82, 2.24) is 0 Å². The van der Waals surface area contributed by atoms with Gasteiger partial charge in [-0.3, -0.25) is 0 Å². The van der Waals surface area contributed by atoms with Gasteiger partial charge in [-0.1, -0.05) is 17.7 Å². The maximum absolute atomic E-state index is 13.2. The van der Waals surface area contributed by atoms with E-state index in [1.807, 2.05) is 18.2 Å². The molecule has 0 atom stereocenters. The summed E-state index contributed by atoms with van der Waals surface area (Å²) in [6.07, 6.45) is 0.751. The fourth-order valence-corrected chi connectivity index (χ4v) is 2.14. The van der Waals surface area contributed by atoms with Crippen LogP contribution in [0.2, 0.25) is 5.02 Å². The standard InChI is InChI=1S/C16H17ClFNO2/c1-20-15-5-2-11(6-7-19)8-16(15)21-10-12-9-13(18)3-4-14(12)17/h2-5,8-9H,6-7,10,19H2,1H3. The van der Waals surface area contributed by atoms with Crippen LogP contribution in [-0.4, -0.2) is 13.7 Å². The second-order valence-electron chi connectivity index (χ2n) is 4.55. The second kappa shape index (κ2) is 7.29. The summed E-state index contributed by atoms with van der Waals surface area (Å²) in [4.78, 5) is 0. The molecule has 0 spiro atoms. The molecule has 21 heavy (non-hydrogen) atoms. The SMILES string of the molecule is COc1ccc(CCN)cc1OCc1cc(F)ccc1Cl. The highest BCUT2D eigenvalue weighted by molar-refractivity contribution is 6.31. The summed E-state index contributed by atoms with van der Waals surface area (Å²) in [7, 11) is 1.57. The molecule has 0 aromatic heterocycles. The molecule has 0 amide bonds. The van der Waals surface area contributed by atoms with Gasteiger partial charge in [0.05, 0.1) is 7.11 Å². The smallest absolute Gasteiger partial charge is 0.161 e. The van der Waals surface area contributed by atoms with Crippen LogP contribution >= 0.6 is 11.6 Å². The Morgan fingerprint density at radius 2 is 1.95 bits per heavy atom. The molecule has 0 bridgehead atoms. The normalized spacial score (nSPS) is 10.5. The minimum Gasteiger partial charge on any atom is -0.493 e. The van der Waals surface area contributed by atoms with Crippen LogP contribution in [-0.2, 0) is 13.0 Å². The van der Waals surface area contributed by atoms with Crippen molar-refractivity contribution in [1.29, 1.82) is 0 Å². The van der Waals surface area contributed by atoms with Gasteiger partial charge in [0.2, 0.25) is 0 Å². The van der Waals surface area contributed by atoms with Crippen LogP contribution in [0, 0.1) is 5.82 Å². The Hall–Kier alpha value is -1.78. The van der Waals surface area contributed by atoms with E-state index in [1.54, 1.807) is 7.11 Å². The van der Waals surface area contributed by atoms with Crippen LogP contribution in [0.5, 0.6) is 11.5 Å². The molecule has 2 aromatic carbocycles. The summed E-state index contributed by atoms with van der Waals surface area (Å²) in [6.45, 7) is 0.723. The Kier molecular flexibility index (Phi) is 5.42. The maximum Gasteiger partial charge on any atom is 0.161 e. The first-order valence-electron chi connectivity index (χ1n) is 6.57. The average molecular weight is 310 g/mol. The van der Waals surface area contributed by atoms with Crippen LogP contribution in [0.25, 0.3) is 0 Å². The fraction of sp³-hybridized carbons (Fsp3) is 0.250. The van der Waals surface area contributed by atoms with Gasteiger partial charge in [0.25, 0.3) is 0 Å². The van der Waals surface area contributed by atoms with E-state index < -0.39 is 0 Å². The summed E-state index contributed by atoms with van der Waals surface area (Å²) in [5.74, 6) is 0.855. The van der Waals surface area contributed by atoms with Crippen LogP contribution in [0.1, 0.15) is 11.1 Å². The highest BCUT2D eigenvalue weighted by Crippen LogP contribution is 2.30. The van der Waals surface area contributed by atoms with Gasteiger partial charge in [0, 0.05) is 10.6 Å². The molecule has 0 saturated heterocycles. The first-order chi connectivity index (χ1) is 10.1. The molecule has 5 heteroatoms. The molecule has 2 aromatic rings. The van der Waals surface area contributed by atoms with Gasteiger partial charge < -0.3 is 15.2 Å². The monoisotopic (exact) mass is 309 g/mol. The summed E-state index contributed by atoms with van der Waals surface area (Å²) < 4.78 is 24.2. The molecule has 112 valence electrons. The number of nitrogens with two attached hydrogens (primary N) is 1. The van der Waals surface area contributed by atoms with E-state index in [2.05, 4.69) is 0 Å². The van der Waals surface area contributed by atoms with Gasteiger partial charge in [-0.25, -0.2) is 4.39 Å². The first-order valence-corrected chi connectivity index (χ1v) is 6.95. The number of hydrogen-bond donors (Lipinski definition) is 1. The Morgan fingerprint density at radius 1 is 1.14 bits per heavy atom. The van der Waals surface area contributed by atoms with E-state index in [9.17, 15) is 4.39 Å². The predicted octanol–water partition coefficient (Wildman–Crippen LogP) is 3.57. The zero-order chi connectivity index (χ0) is 15.2. The van der Waals surface area contributed by atoms with Crippen molar-refractivity contribution in [2.45, 2.75) is 13.0 Å². The molecule has 0 aliphatic heterocycles. The summed E-state index contributed by atoms with van der Waals surface area (Å²) in [5.41, 5.74) is 7.19. The topological polar surface area (TPSA) is 44.5 Å². The third kappa shape index (κ3) is 4.09. The van der Waals surface area contributed by atoms with Gasteiger partial charge in [-0.05, 0) is 48.9 Å². The Balaban J connectivity index is 2.18. The lowest BCUT2D eigenvalue weighted by Gasteiger charge is -2.13. The van der Waals surface area contributed by atoms with Gasteiger partial charge in [0.1, 0.15) is 12.4 Å². The lowest BCUT2D eigenvalue weighted by Crippen LogP contribution is -2.04. The van der Waals surface area contributed by atoms with E-state index in [1.165, 1.54) is 18.2 Å². The molecule has 3 nitrogen and oxygen atoms in total. The molecule has 0 fully saturated rings. The van der Waals surface area contributed by atoms with Gasteiger partial charge >= 0.3 is 0 Å². The molecule has 0 heterocycles. The quantitative estimate of drug-likeness (QED) is 0.887. The Morgan fingerprint density at radius 3 is 2.67 bits per heavy atom. The minimum absolute atomic E-state index is 0.166. The summed E-state index contributed by atoms with van der Waals surface area (Å²) in [5, 5.41) is 0.466. The molecular weight excluding hydrogens is 293 g/mol. The fourth-order valence-electron chi connectivity index (χ4n) is 1.97. The Bertz CT molecular complexity index is 619. The maximum atomic E-state index is 13.2. The number of hydrogen-bond acceptors (Lipinski definition) is 3. The number of ether oxygens (including phenoxy) is 2. The van der Waals surface area contributed by atoms with Crippen LogP contribution in [0.4, 0.5) is 4.39 Å². The van der Waals surface area contributed by atoms with Gasteiger partial charge in [-0.15, -0.1) is 0 Å².